The molecule has 7 nitrogen and oxygen atoms in total. The molecule has 3 aromatic rings. The molecule has 0 aliphatic heterocycles. The standard InChI is InChI=1S/C22H19ClF2N4O3/c1-11(27-21(31)32-22(2,3)4)19-28-18-16(25)6-5-15(23)17(18)20(30)29(19)14-8-12(10-26)7-13(24)9-14/h5-9,11H,1-4H3,(H,27,31)/t11-/m0/s1. The second kappa shape index (κ2) is 8.55. The monoisotopic (exact) mass is 460 g/mol. The number of alkyl carbamates (subject to hydrolysis) is 1. The van der Waals surface area contributed by atoms with Gasteiger partial charge in [-0.05, 0) is 58.0 Å². The average Bonchev–Trinajstić information content (AvgIpc) is 2.68. The summed E-state index contributed by atoms with van der Waals surface area (Å²) in [6.45, 7) is 6.53. The highest BCUT2D eigenvalue weighted by atomic mass is 35.5. The number of aromatic nitrogens is 2. The van der Waals surface area contributed by atoms with E-state index in [0.29, 0.717) is 0 Å². The van der Waals surface area contributed by atoms with Crippen LogP contribution in [0.1, 0.15) is 45.1 Å². The van der Waals surface area contributed by atoms with E-state index in [1.165, 1.54) is 19.1 Å². The van der Waals surface area contributed by atoms with Gasteiger partial charge in [-0.2, -0.15) is 5.26 Å². The summed E-state index contributed by atoms with van der Waals surface area (Å²) in [5.74, 6) is -1.67. The Morgan fingerprint density at radius 3 is 2.59 bits per heavy atom. The molecule has 0 bridgehead atoms. The minimum Gasteiger partial charge on any atom is -0.444 e. The van der Waals surface area contributed by atoms with E-state index in [9.17, 15) is 23.6 Å². The van der Waals surface area contributed by atoms with E-state index in [2.05, 4.69) is 10.3 Å². The number of fused-ring (bicyclic) bond motifs is 1. The first-order valence-electron chi connectivity index (χ1n) is 9.52. The first kappa shape index (κ1) is 23.2. The first-order valence-corrected chi connectivity index (χ1v) is 9.90. The van der Waals surface area contributed by atoms with E-state index in [-0.39, 0.29) is 33.0 Å². The highest BCUT2D eigenvalue weighted by Crippen LogP contribution is 2.25. The third-order valence-electron chi connectivity index (χ3n) is 4.34. The van der Waals surface area contributed by atoms with Crippen molar-refractivity contribution in [3.63, 3.8) is 0 Å². The SMILES string of the molecule is C[C@H](NC(=O)OC(C)(C)C)c1nc2c(F)ccc(Cl)c2c(=O)n1-c1cc(F)cc(C#N)c1. The maximum atomic E-state index is 14.5. The van der Waals surface area contributed by atoms with Gasteiger partial charge in [-0.1, -0.05) is 11.6 Å². The van der Waals surface area contributed by atoms with Crippen molar-refractivity contribution in [2.45, 2.75) is 39.3 Å². The number of nitrogens with one attached hydrogen (secondary N) is 1. The zero-order chi connectivity index (χ0) is 23.8. The van der Waals surface area contributed by atoms with Gasteiger partial charge in [-0.15, -0.1) is 0 Å². The van der Waals surface area contributed by atoms with Crippen LogP contribution in [0.3, 0.4) is 0 Å². The van der Waals surface area contributed by atoms with Crippen LogP contribution in [0.2, 0.25) is 5.02 Å². The van der Waals surface area contributed by atoms with Crippen LogP contribution in [-0.2, 0) is 4.74 Å². The first-order chi connectivity index (χ1) is 14.9. The van der Waals surface area contributed by atoms with Crippen LogP contribution in [0.15, 0.2) is 35.1 Å². The fourth-order valence-electron chi connectivity index (χ4n) is 3.09. The van der Waals surface area contributed by atoms with Gasteiger partial charge < -0.3 is 10.1 Å². The molecule has 0 radical (unpaired) electrons. The molecular formula is C22H19ClF2N4O3. The van der Waals surface area contributed by atoms with Crippen molar-refractivity contribution in [1.29, 1.82) is 5.26 Å². The number of carbonyl (C=O) groups is 1. The van der Waals surface area contributed by atoms with Crippen LogP contribution in [0.25, 0.3) is 16.6 Å². The van der Waals surface area contributed by atoms with E-state index < -0.39 is 34.9 Å². The topological polar surface area (TPSA) is 97.0 Å². The van der Waals surface area contributed by atoms with E-state index in [0.717, 1.165) is 22.8 Å². The van der Waals surface area contributed by atoms with Crippen molar-refractivity contribution < 1.29 is 18.3 Å². The molecule has 1 heterocycles. The van der Waals surface area contributed by atoms with Gasteiger partial charge in [0, 0.05) is 0 Å². The minimum atomic E-state index is -0.964. The largest absolute Gasteiger partial charge is 0.444 e. The number of benzene rings is 2. The molecule has 0 saturated heterocycles. The molecule has 0 saturated carbocycles. The Bertz CT molecular complexity index is 1330. The second-order valence-corrected chi connectivity index (χ2v) is 8.45. The minimum absolute atomic E-state index is 0.0332. The van der Waals surface area contributed by atoms with E-state index >= 15 is 0 Å². The van der Waals surface area contributed by atoms with Gasteiger partial charge in [0.25, 0.3) is 5.56 Å². The zero-order valence-corrected chi connectivity index (χ0v) is 18.4. The third kappa shape index (κ3) is 4.70. The van der Waals surface area contributed by atoms with E-state index in [4.69, 9.17) is 16.3 Å². The molecule has 1 amide bonds. The third-order valence-corrected chi connectivity index (χ3v) is 4.66. The van der Waals surface area contributed by atoms with Gasteiger partial charge in [0.05, 0.1) is 33.8 Å². The van der Waals surface area contributed by atoms with Gasteiger partial charge in [0.2, 0.25) is 0 Å². The number of rotatable bonds is 3. The number of nitrogens with zero attached hydrogens (tertiary/aromatic N) is 3. The van der Waals surface area contributed by atoms with Crippen molar-refractivity contribution in [1.82, 2.24) is 14.9 Å². The fourth-order valence-corrected chi connectivity index (χ4v) is 3.32. The molecule has 1 aromatic heterocycles. The average molecular weight is 461 g/mol. The summed E-state index contributed by atoms with van der Waals surface area (Å²) in [5.41, 5.74) is -1.96. The molecule has 0 aliphatic rings. The van der Waals surface area contributed by atoms with Crippen LogP contribution in [0, 0.1) is 23.0 Å². The van der Waals surface area contributed by atoms with Gasteiger partial charge in [-0.25, -0.2) is 18.6 Å². The summed E-state index contributed by atoms with van der Waals surface area (Å²) < 4.78 is 34.9. The molecule has 0 aliphatic carbocycles. The summed E-state index contributed by atoms with van der Waals surface area (Å²) in [5, 5.41) is 11.5. The van der Waals surface area contributed by atoms with Crippen LogP contribution >= 0.6 is 11.6 Å². The smallest absolute Gasteiger partial charge is 0.408 e. The molecule has 3 rings (SSSR count). The maximum absolute atomic E-state index is 14.5. The summed E-state index contributed by atoms with van der Waals surface area (Å²) >= 11 is 6.14. The predicted octanol–water partition coefficient (Wildman–Crippen LogP) is 4.77. The number of nitriles is 1. The lowest BCUT2D eigenvalue weighted by molar-refractivity contribution is 0.0505. The van der Waals surface area contributed by atoms with Gasteiger partial charge in [0.1, 0.15) is 28.6 Å². The molecule has 2 aromatic carbocycles. The van der Waals surface area contributed by atoms with Crippen LogP contribution < -0.4 is 10.9 Å². The molecule has 1 atom stereocenters. The molecule has 166 valence electrons. The molecule has 32 heavy (non-hydrogen) atoms. The van der Waals surface area contributed by atoms with Crippen LogP contribution in [-0.4, -0.2) is 21.2 Å². The molecule has 0 unspecified atom stereocenters. The van der Waals surface area contributed by atoms with Crippen molar-refractivity contribution in [2.75, 3.05) is 0 Å². The van der Waals surface area contributed by atoms with Gasteiger partial charge in [-0.3, -0.25) is 9.36 Å². The molecule has 1 N–H and O–H groups in total. The summed E-state index contributed by atoms with van der Waals surface area (Å²) in [6.07, 6.45) is -0.797. The number of carbonyl (C=O) groups excluding carboxylic acids is 1. The predicted molar refractivity (Wildman–Crippen MR) is 115 cm³/mol. The molecule has 0 fully saturated rings. The maximum Gasteiger partial charge on any atom is 0.408 e. The van der Waals surface area contributed by atoms with Crippen LogP contribution in [0.5, 0.6) is 0 Å². The highest BCUT2D eigenvalue weighted by Gasteiger charge is 2.25. The van der Waals surface area contributed by atoms with Crippen molar-refractivity contribution in [3.8, 4) is 11.8 Å². The van der Waals surface area contributed by atoms with Gasteiger partial charge in [0.15, 0.2) is 0 Å². The van der Waals surface area contributed by atoms with E-state index in [1.807, 2.05) is 6.07 Å². The lowest BCUT2D eigenvalue weighted by Gasteiger charge is -2.23. The summed E-state index contributed by atoms with van der Waals surface area (Å²) in [6, 6.07) is 6.41. The van der Waals surface area contributed by atoms with Crippen molar-refractivity contribution >= 4 is 28.6 Å². The normalized spacial score (nSPS) is 12.3. The number of halogens is 3. The second-order valence-electron chi connectivity index (χ2n) is 8.04. The Hall–Kier alpha value is -3.51. The number of hydrogen-bond acceptors (Lipinski definition) is 5. The Kier molecular flexibility index (Phi) is 6.19. The van der Waals surface area contributed by atoms with Crippen molar-refractivity contribution in [3.05, 3.63) is 68.7 Å². The van der Waals surface area contributed by atoms with E-state index in [1.54, 1.807) is 20.8 Å². The molecule has 10 heteroatoms. The fraction of sp³-hybridized carbons (Fsp3) is 0.273. The Morgan fingerprint density at radius 1 is 1.28 bits per heavy atom. The molecule has 0 spiro atoms. The van der Waals surface area contributed by atoms with Crippen LogP contribution in [0.4, 0.5) is 13.6 Å². The Balaban J connectivity index is 2.29. The summed E-state index contributed by atoms with van der Waals surface area (Å²) in [4.78, 5) is 29.9. The van der Waals surface area contributed by atoms with Crippen molar-refractivity contribution in [2.24, 2.45) is 0 Å². The highest BCUT2D eigenvalue weighted by molar-refractivity contribution is 6.35. The quantitative estimate of drug-likeness (QED) is 0.607. The zero-order valence-electron chi connectivity index (χ0n) is 17.7. The molecular weight excluding hydrogens is 442 g/mol. The Morgan fingerprint density at radius 2 is 1.97 bits per heavy atom. The summed E-state index contributed by atoms with van der Waals surface area (Å²) in [7, 11) is 0. The number of hydrogen-bond donors (Lipinski definition) is 1. The number of ether oxygens (including phenoxy) is 1. The van der Waals surface area contributed by atoms with Gasteiger partial charge >= 0.3 is 6.09 Å². The Labute approximate surface area is 187 Å². The lowest BCUT2D eigenvalue weighted by Crippen LogP contribution is -2.37. The number of amides is 1. The lowest BCUT2D eigenvalue weighted by atomic mass is 10.1.